The number of halogens is 2. The molecule has 0 radical (unpaired) electrons. The van der Waals surface area contributed by atoms with Gasteiger partial charge in [-0.3, -0.25) is 4.99 Å². The van der Waals surface area contributed by atoms with Crippen LogP contribution < -0.4 is 10.2 Å². The maximum Gasteiger partial charge on any atom is 0.193 e. The summed E-state index contributed by atoms with van der Waals surface area (Å²) in [5.74, 6) is 0.756. The number of para-hydroxylation sites is 1. The summed E-state index contributed by atoms with van der Waals surface area (Å²) >= 11 is 0. The van der Waals surface area contributed by atoms with E-state index in [-0.39, 0.29) is 35.9 Å². The highest BCUT2D eigenvalue weighted by Crippen LogP contribution is 2.20. The third-order valence-corrected chi connectivity index (χ3v) is 4.04. The molecule has 1 N–H and O–H groups in total. The fourth-order valence-electron chi connectivity index (χ4n) is 2.79. The molecule has 7 heteroatoms. The zero-order chi connectivity index (χ0) is 17.4. The number of guanidine groups is 1. The molecule has 1 heterocycles. The van der Waals surface area contributed by atoms with Gasteiger partial charge in [-0.1, -0.05) is 12.1 Å². The first-order valence-electron chi connectivity index (χ1n) is 8.68. The molecule has 5 nitrogen and oxygen atoms in total. The maximum atomic E-state index is 13.9. The molecule has 0 saturated carbocycles. The Morgan fingerprint density at radius 2 is 1.92 bits per heavy atom. The van der Waals surface area contributed by atoms with Crippen molar-refractivity contribution in [2.45, 2.75) is 26.4 Å². The van der Waals surface area contributed by atoms with Gasteiger partial charge in [0, 0.05) is 46.4 Å². The van der Waals surface area contributed by atoms with Crippen LogP contribution in [0.4, 0.5) is 10.1 Å². The number of rotatable bonds is 6. The number of hydrogen-bond donors (Lipinski definition) is 1. The van der Waals surface area contributed by atoms with Crippen LogP contribution in [-0.4, -0.2) is 63.3 Å². The molecule has 0 unspecified atom stereocenters. The van der Waals surface area contributed by atoms with Crippen molar-refractivity contribution in [2.24, 2.45) is 4.99 Å². The van der Waals surface area contributed by atoms with E-state index in [1.807, 2.05) is 26.0 Å². The molecule has 1 aliphatic rings. The lowest BCUT2D eigenvalue weighted by molar-refractivity contribution is 0.0775. The van der Waals surface area contributed by atoms with Gasteiger partial charge in [-0.15, -0.1) is 24.0 Å². The van der Waals surface area contributed by atoms with E-state index in [0.29, 0.717) is 5.69 Å². The van der Waals surface area contributed by atoms with E-state index < -0.39 is 0 Å². The highest BCUT2D eigenvalue weighted by atomic mass is 127. The minimum absolute atomic E-state index is 0. The fourth-order valence-corrected chi connectivity index (χ4v) is 2.79. The lowest BCUT2D eigenvalue weighted by Crippen LogP contribution is -2.52. The van der Waals surface area contributed by atoms with Gasteiger partial charge in [0.05, 0.1) is 11.8 Å². The fraction of sp³-hybridized carbons (Fsp3) is 0.611. The highest BCUT2D eigenvalue weighted by Gasteiger charge is 2.21. The molecule has 2 rings (SSSR count). The van der Waals surface area contributed by atoms with Crippen LogP contribution in [0, 0.1) is 5.82 Å². The number of nitrogens with zero attached hydrogens (tertiary/aromatic N) is 3. The second-order valence-electron chi connectivity index (χ2n) is 6.17. The van der Waals surface area contributed by atoms with Crippen LogP contribution in [0.15, 0.2) is 29.3 Å². The second kappa shape index (κ2) is 11.5. The monoisotopic (exact) mass is 464 g/mol. The Hall–Kier alpha value is -1.09. The van der Waals surface area contributed by atoms with Crippen LogP contribution in [0.25, 0.3) is 0 Å². The molecule has 0 atom stereocenters. The smallest absolute Gasteiger partial charge is 0.193 e. The standard InChI is InChI=1S/C18H29FN4O.HI/c1-15(2)24-14-6-9-21-18(20-3)23-12-10-22(11-13-23)17-8-5-4-7-16(17)19;/h4-5,7-8,15H,6,9-14H2,1-3H3,(H,20,21);1H. The summed E-state index contributed by atoms with van der Waals surface area (Å²) in [4.78, 5) is 8.67. The number of benzene rings is 1. The maximum absolute atomic E-state index is 13.9. The number of hydrogen-bond acceptors (Lipinski definition) is 3. The average molecular weight is 464 g/mol. The SMILES string of the molecule is CN=C(NCCCOC(C)C)N1CCN(c2ccccc2F)CC1.I. The molecular weight excluding hydrogens is 434 g/mol. The number of ether oxygens (including phenoxy) is 1. The molecule has 0 amide bonds. The van der Waals surface area contributed by atoms with Crippen molar-refractivity contribution in [1.82, 2.24) is 10.2 Å². The largest absolute Gasteiger partial charge is 0.379 e. The molecular formula is C18H30FIN4O. The van der Waals surface area contributed by atoms with Crippen LogP contribution in [0.1, 0.15) is 20.3 Å². The molecule has 0 aliphatic carbocycles. The molecule has 142 valence electrons. The van der Waals surface area contributed by atoms with Crippen LogP contribution >= 0.6 is 24.0 Å². The van der Waals surface area contributed by atoms with Crippen molar-refractivity contribution >= 4 is 35.6 Å². The number of anilines is 1. The zero-order valence-corrected chi connectivity index (χ0v) is 17.7. The Kier molecular flexibility index (Phi) is 10.1. The number of nitrogens with one attached hydrogen (secondary N) is 1. The van der Waals surface area contributed by atoms with Crippen molar-refractivity contribution < 1.29 is 9.13 Å². The summed E-state index contributed by atoms with van der Waals surface area (Å²) in [6.45, 7) is 8.92. The summed E-state index contributed by atoms with van der Waals surface area (Å²) < 4.78 is 19.4. The molecule has 0 spiro atoms. The van der Waals surface area contributed by atoms with E-state index in [4.69, 9.17) is 4.74 Å². The first-order valence-corrected chi connectivity index (χ1v) is 8.68. The van der Waals surface area contributed by atoms with Crippen molar-refractivity contribution in [3.05, 3.63) is 30.1 Å². The lowest BCUT2D eigenvalue weighted by Gasteiger charge is -2.37. The first-order chi connectivity index (χ1) is 11.6. The van der Waals surface area contributed by atoms with Crippen LogP contribution in [0.5, 0.6) is 0 Å². The van der Waals surface area contributed by atoms with E-state index in [0.717, 1.165) is 51.7 Å². The number of aliphatic imine (C=N–C) groups is 1. The first kappa shape index (κ1) is 22.0. The van der Waals surface area contributed by atoms with Crippen molar-refractivity contribution in [2.75, 3.05) is 51.3 Å². The van der Waals surface area contributed by atoms with Crippen LogP contribution in [0.2, 0.25) is 0 Å². The summed E-state index contributed by atoms with van der Waals surface area (Å²) in [6.07, 6.45) is 1.22. The van der Waals surface area contributed by atoms with E-state index in [2.05, 4.69) is 20.1 Å². The van der Waals surface area contributed by atoms with Gasteiger partial charge < -0.3 is 19.9 Å². The van der Waals surface area contributed by atoms with E-state index in [1.165, 1.54) is 6.07 Å². The van der Waals surface area contributed by atoms with E-state index >= 15 is 0 Å². The number of piperazine rings is 1. The summed E-state index contributed by atoms with van der Waals surface area (Å²) in [7, 11) is 1.80. The lowest BCUT2D eigenvalue weighted by atomic mass is 10.2. The van der Waals surface area contributed by atoms with Gasteiger partial charge in [0.15, 0.2) is 5.96 Å². The topological polar surface area (TPSA) is 40.1 Å². The normalized spacial score (nSPS) is 15.3. The summed E-state index contributed by atoms with van der Waals surface area (Å²) in [6, 6.07) is 6.96. The molecule has 1 aliphatic heterocycles. The Bertz CT molecular complexity index is 534. The Morgan fingerprint density at radius 1 is 1.24 bits per heavy atom. The molecule has 1 aromatic rings. The average Bonchev–Trinajstić information content (AvgIpc) is 2.59. The van der Waals surface area contributed by atoms with Crippen molar-refractivity contribution in [3.8, 4) is 0 Å². The van der Waals surface area contributed by atoms with Crippen LogP contribution in [0.3, 0.4) is 0 Å². The minimum atomic E-state index is -0.154. The molecule has 1 fully saturated rings. The van der Waals surface area contributed by atoms with E-state index in [1.54, 1.807) is 13.1 Å². The Balaban J connectivity index is 0.00000312. The Labute approximate surface area is 167 Å². The Morgan fingerprint density at radius 3 is 2.52 bits per heavy atom. The third-order valence-electron chi connectivity index (χ3n) is 4.04. The van der Waals surface area contributed by atoms with E-state index in [9.17, 15) is 4.39 Å². The zero-order valence-electron chi connectivity index (χ0n) is 15.4. The molecule has 0 aromatic heterocycles. The minimum Gasteiger partial charge on any atom is -0.379 e. The van der Waals surface area contributed by atoms with Gasteiger partial charge in [0.25, 0.3) is 0 Å². The molecule has 1 aromatic carbocycles. The van der Waals surface area contributed by atoms with Gasteiger partial charge >= 0.3 is 0 Å². The van der Waals surface area contributed by atoms with Crippen molar-refractivity contribution in [1.29, 1.82) is 0 Å². The van der Waals surface area contributed by atoms with Gasteiger partial charge in [0.1, 0.15) is 5.82 Å². The molecule has 25 heavy (non-hydrogen) atoms. The summed E-state index contributed by atoms with van der Waals surface area (Å²) in [5.41, 5.74) is 0.686. The predicted octanol–water partition coefficient (Wildman–Crippen LogP) is 2.96. The van der Waals surface area contributed by atoms with Crippen molar-refractivity contribution in [3.63, 3.8) is 0 Å². The second-order valence-corrected chi connectivity index (χ2v) is 6.17. The van der Waals surface area contributed by atoms with Gasteiger partial charge in [0.2, 0.25) is 0 Å². The van der Waals surface area contributed by atoms with Gasteiger partial charge in [-0.2, -0.15) is 0 Å². The molecule has 1 saturated heterocycles. The molecule has 0 bridgehead atoms. The van der Waals surface area contributed by atoms with Gasteiger partial charge in [-0.05, 0) is 32.4 Å². The predicted molar refractivity (Wildman–Crippen MR) is 113 cm³/mol. The van der Waals surface area contributed by atoms with Crippen LogP contribution in [-0.2, 0) is 4.74 Å². The highest BCUT2D eigenvalue weighted by molar-refractivity contribution is 14.0. The summed E-state index contributed by atoms with van der Waals surface area (Å²) in [5, 5.41) is 3.38. The quantitative estimate of drug-likeness (QED) is 0.304. The van der Waals surface area contributed by atoms with Gasteiger partial charge in [-0.25, -0.2) is 4.39 Å². The third kappa shape index (κ3) is 6.97.